The van der Waals surface area contributed by atoms with Gasteiger partial charge in [0, 0.05) is 51.3 Å². The Hall–Kier alpha value is -1.99. The molecule has 8 heteroatoms. The number of nitrogens with zero attached hydrogens (tertiary/aromatic N) is 2. The zero-order valence-corrected chi connectivity index (χ0v) is 19.1. The Morgan fingerprint density at radius 1 is 0.967 bits per heavy atom. The van der Waals surface area contributed by atoms with E-state index in [4.69, 9.17) is 15.2 Å². The largest absolute Gasteiger partial charge is 0.497 e. The third-order valence-corrected chi connectivity index (χ3v) is 5.16. The van der Waals surface area contributed by atoms with Crippen LogP contribution in [0.25, 0.3) is 0 Å². The average Bonchev–Trinajstić information content (AvgIpc) is 2.74. The van der Waals surface area contributed by atoms with Crippen molar-refractivity contribution in [1.82, 2.24) is 9.80 Å². The zero-order chi connectivity index (χ0) is 19.9. The van der Waals surface area contributed by atoms with Crippen LogP contribution in [0, 0.1) is 0 Å². The summed E-state index contributed by atoms with van der Waals surface area (Å²) in [6.07, 6.45) is 0.344. The number of amides is 1. The number of hydrogen-bond donors (Lipinski definition) is 1. The summed E-state index contributed by atoms with van der Waals surface area (Å²) in [7, 11) is 3.31. The first kappa shape index (κ1) is 26.0. The number of nitrogens with two attached hydrogens (primary N) is 1. The van der Waals surface area contributed by atoms with Gasteiger partial charge >= 0.3 is 0 Å². The Labute approximate surface area is 191 Å². The number of piperazine rings is 1. The molecule has 2 aromatic carbocycles. The molecule has 0 radical (unpaired) electrons. The summed E-state index contributed by atoms with van der Waals surface area (Å²) in [6.45, 7) is 3.93. The fourth-order valence-corrected chi connectivity index (χ4v) is 3.51. The van der Waals surface area contributed by atoms with Gasteiger partial charge in [0.05, 0.1) is 14.2 Å². The van der Waals surface area contributed by atoms with Crippen LogP contribution >= 0.6 is 24.8 Å². The highest BCUT2D eigenvalue weighted by Crippen LogP contribution is 2.24. The zero-order valence-electron chi connectivity index (χ0n) is 17.5. The molecule has 1 aliphatic heterocycles. The first-order valence-electron chi connectivity index (χ1n) is 9.61. The van der Waals surface area contributed by atoms with Crippen molar-refractivity contribution in [3.63, 3.8) is 0 Å². The molecule has 1 aliphatic rings. The highest BCUT2D eigenvalue weighted by Gasteiger charge is 2.23. The van der Waals surface area contributed by atoms with E-state index < -0.39 is 0 Å². The molecule has 1 unspecified atom stereocenters. The minimum Gasteiger partial charge on any atom is -0.497 e. The molecular formula is C22H31Cl2N3O3. The Kier molecular flexibility index (Phi) is 11.0. The number of hydrogen-bond acceptors (Lipinski definition) is 5. The number of benzene rings is 2. The van der Waals surface area contributed by atoms with Gasteiger partial charge in [-0.2, -0.15) is 0 Å². The maximum Gasteiger partial charge on any atom is 0.224 e. The number of ether oxygens (including phenoxy) is 2. The molecule has 0 aliphatic carbocycles. The topological polar surface area (TPSA) is 68.0 Å². The third kappa shape index (κ3) is 7.06. The normalized spacial score (nSPS) is 14.8. The lowest BCUT2D eigenvalue weighted by Gasteiger charge is -2.35. The lowest BCUT2D eigenvalue weighted by atomic mass is 10.0. The summed E-state index contributed by atoms with van der Waals surface area (Å²) in [6, 6.07) is 15.5. The molecule has 0 spiro atoms. The van der Waals surface area contributed by atoms with Crippen molar-refractivity contribution < 1.29 is 14.3 Å². The van der Waals surface area contributed by atoms with Crippen molar-refractivity contribution in [2.24, 2.45) is 5.73 Å². The predicted molar refractivity (Wildman–Crippen MR) is 124 cm³/mol. The van der Waals surface area contributed by atoms with Gasteiger partial charge in [-0.25, -0.2) is 0 Å². The second-order valence-corrected chi connectivity index (χ2v) is 7.10. The van der Waals surface area contributed by atoms with E-state index in [1.54, 1.807) is 14.2 Å². The van der Waals surface area contributed by atoms with Crippen molar-refractivity contribution in [2.75, 3.05) is 40.4 Å². The maximum absolute atomic E-state index is 12.6. The van der Waals surface area contributed by atoms with E-state index in [0.29, 0.717) is 6.42 Å². The van der Waals surface area contributed by atoms with Crippen LogP contribution in [0.15, 0.2) is 48.5 Å². The molecule has 3 rings (SSSR count). The Morgan fingerprint density at radius 2 is 1.53 bits per heavy atom. The van der Waals surface area contributed by atoms with Crippen LogP contribution < -0.4 is 15.2 Å². The van der Waals surface area contributed by atoms with Gasteiger partial charge in [0.15, 0.2) is 0 Å². The first-order chi connectivity index (χ1) is 13.6. The SMILES string of the molecule is COc1cc(CN2CCN(C(=O)CC(N)c3ccccc3)CC2)cc(OC)c1.Cl.Cl. The second-order valence-electron chi connectivity index (χ2n) is 7.10. The van der Waals surface area contributed by atoms with Gasteiger partial charge in [-0.15, -0.1) is 24.8 Å². The lowest BCUT2D eigenvalue weighted by molar-refractivity contribution is -0.133. The Bertz CT molecular complexity index is 762. The molecule has 2 N–H and O–H groups in total. The Balaban J connectivity index is 0.00000225. The summed E-state index contributed by atoms with van der Waals surface area (Å²) in [5.74, 6) is 1.70. The number of carbonyl (C=O) groups excluding carboxylic acids is 1. The number of carbonyl (C=O) groups is 1. The standard InChI is InChI=1S/C22H29N3O3.2ClH/c1-27-19-12-17(13-20(14-19)28-2)16-24-8-10-25(11-9-24)22(26)15-21(23)18-6-4-3-5-7-18;;/h3-7,12-14,21H,8-11,15-16,23H2,1-2H3;2*1H. The van der Waals surface area contributed by atoms with Crippen LogP contribution in [0.5, 0.6) is 11.5 Å². The van der Waals surface area contributed by atoms with E-state index >= 15 is 0 Å². The van der Waals surface area contributed by atoms with Crippen LogP contribution in [-0.4, -0.2) is 56.1 Å². The van der Waals surface area contributed by atoms with E-state index in [9.17, 15) is 4.79 Å². The van der Waals surface area contributed by atoms with E-state index in [0.717, 1.165) is 55.3 Å². The monoisotopic (exact) mass is 455 g/mol. The molecule has 1 atom stereocenters. The van der Waals surface area contributed by atoms with Gasteiger partial charge < -0.3 is 20.1 Å². The summed E-state index contributed by atoms with van der Waals surface area (Å²) in [4.78, 5) is 16.9. The van der Waals surface area contributed by atoms with Crippen molar-refractivity contribution >= 4 is 30.7 Å². The fraction of sp³-hybridized carbons (Fsp3) is 0.409. The molecule has 1 heterocycles. The molecule has 30 heavy (non-hydrogen) atoms. The summed E-state index contributed by atoms with van der Waals surface area (Å²) in [5, 5.41) is 0. The van der Waals surface area contributed by atoms with Crippen LogP contribution in [0.3, 0.4) is 0 Å². The second kappa shape index (κ2) is 12.6. The smallest absolute Gasteiger partial charge is 0.224 e. The molecule has 1 fully saturated rings. The van der Waals surface area contributed by atoms with Crippen molar-refractivity contribution in [3.05, 3.63) is 59.7 Å². The van der Waals surface area contributed by atoms with E-state index in [2.05, 4.69) is 4.90 Å². The predicted octanol–water partition coefficient (Wildman–Crippen LogP) is 3.28. The highest BCUT2D eigenvalue weighted by molar-refractivity contribution is 5.85. The summed E-state index contributed by atoms with van der Waals surface area (Å²) < 4.78 is 10.7. The van der Waals surface area contributed by atoms with Crippen molar-refractivity contribution in [3.8, 4) is 11.5 Å². The van der Waals surface area contributed by atoms with E-state index in [1.807, 2.05) is 53.4 Å². The number of halogens is 2. The van der Waals surface area contributed by atoms with Gasteiger partial charge in [-0.3, -0.25) is 9.69 Å². The lowest BCUT2D eigenvalue weighted by Crippen LogP contribution is -2.48. The van der Waals surface area contributed by atoms with E-state index in [1.165, 1.54) is 0 Å². The number of methoxy groups -OCH3 is 2. The van der Waals surface area contributed by atoms with Gasteiger partial charge in [-0.1, -0.05) is 30.3 Å². The molecule has 166 valence electrons. The Morgan fingerprint density at radius 3 is 2.07 bits per heavy atom. The molecule has 1 amide bonds. The first-order valence-corrected chi connectivity index (χ1v) is 9.61. The highest BCUT2D eigenvalue weighted by atomic mass is 35.5. The summed E-state index contributed by atoms with van der Waals surface area (Å²) in [5.41, 5.74) is 8.35. The van der Waals surface area contributed by atoms with Crippen molar-refractivity contribution in [1.29, 1.82) is 0 Å². The van der Waals surface area contributed by atoms with Crippen LogP contribution in [-0.2, 0) is 11.3 Å². The quantitative estimate of drug-likeness (QED) is 0.693. The molecule has 0 saturated carbocycles. The van der Waals surface area contributed by atoms with E-state index in [-0.39, 0.29) is 36.8 Å². The van der Waals surface area contributed by atoms with Crippen LogP contribution in [0.4, 0.5) is 0 Å². The van der Waals surface area contributed by atoms with Crippen LogP contribution in [0.2, 0.25) is 0 Å². The van der Waals surface area contributed by atoms with Gasteiger partial charge in [0.25, 0.3) is 0 Å². The van der Waals surface area contributed by atoms with Gasteiger partial charge in [0.2, 0.25) is 5.91 Å². The molecule has 1 saturated heterocycles. The minimum absolute atomic E-state index is 0. The van der Waals surface area contributed by atoms with Gasteiger partial charge in [0.1, 0.15) is 11.5 Å². The molecular weight excluding hydrogens is 425 g/mol. The average molecular weight is 456 g/mol. The summed E-state index contributed by atoms with van der Waals surface area (Å²) >= 11 is 0. The molecule has 0 aromatic heterocycles. The fourth-order valence-electron chi connectivity index (χ4n) is 3.51. The minimum atomic E-state index is -0.254. The number of rotatable bonds is 7. The molecule has 2 aromatic rings. The molecule has 6 nitrogen and oxygen atoms in total. The third-order valence-electron chi connectivity index (χ3n) is 5.16. The van der Waals surface area contributed by atoms with Crippen LogP contribution in [0.1, 0.15) is 23.6 Å². The van der Waals surface area contributed by atoms with Crippen molar-refractivity contribution in [2.45, 2.75) is 19.0 Å². The molecule has 0 bridgehead atoms. The van der Waals surface area contributed by atoms with Gasteiger partial charge in [-0.05, 0) is 23.3 Å². The maximum atomic E-state index is 12.6.